The highest BCUT2D eigenvalue weighted by atomic mass is 32.1. The van der Waals surface area contributed by atoms with Crippen molar-refractivity contribution in [1.29, 1.82) is 0 Å². The van der Waals surface area contributed by atoms with Crippen molar-refractivity contribution in [2.45, 2.75) is 33.5 Å². The van der Waals surface area contributed by atoms with E-state index in [4.69, 9.17) is 9.47 Å². The Hall–Kier alpha value is -2.62. The molecule has 0 saturated heterocycles. The minimum Gasteiger partial charge on any atom is -0.454 e. The van der Waals surface area contributed by atoms with Gasteiger partial charge in [-0.2, -0.15) is 8.78 Å². The zero-order chi connectivity index (χ0) is 19.2. The van der Waals surface area contributed by atoms with Gasteiger partial charge in [-0.3, -0.25) is 0 Å². The fourth-order valence-corrected chi connectivity index (χ4v) is 3.17. The van der Waals surface area contributed by atoms with Crippen molar-refractivity contribution in [2.75, 3.05) is 13.3 Å². The summed E-state index contributed by atoms with van der Waals surface area (Å²) in [6.07, 6.45) is 1.81. The number of nitrogens with zero attached hydrogens (tertiary/aromatic N) is 2. The van der Waals surface area contributed by atoms with Crippen molar-refractivity contribution < 1.29 is 23.0 Å². The van der Waals surface area contributed by atoms with Crippen LogP contribution in [0.5, 0.6) is 17.2 Å². The summed E-state index contributed by atoms with van der Waals surface area (Å²) in [5, 5.41) is 7.22. The van der Waals surface area contributed by atoms with Crippen LogP contribution in [-0.2, 0) is 13.1 Å². The Morgan fingerprint density at radius 1 is 1.33 bits per heavy atom. The lowest BCUT2D eigenvalue weighted by molar-refractivity contribution is -0.0505. The molecule has 0 unspecified atom stereocenters. The quantitative estimate of drug-likeness (QED) is 0.552. The van der Waals surface area contributed by atoms with Gasteiger partial charge in [-0.1, -0.05) is 0 Å². The molecule has 10 heteroatoms. The van der Waals surface area contributed by atoms with Gasteiger partial charge in [0, 0.05) is 29.2 Å². The number of hydrogen-bond donors (Lipinski definition) is 2. The van der Waals surface area contributed by atoms with Gasteiger partial charge >= 0.3 is 6.61 Å². The molecule has 146 valence electrons. The molecule has 0 amide bonds. The van der Waals surface area contributed by atoms with Crippen LogP contribution in [-0.4, -0.2) is 30.9 Å². The molecule has 1 aromatic carbocycles. The minimum atomic E-state index is -2.94. The average Bonchev–Trinajstić information content (AvgIpc) is 3.25. The number of ether oxygens (including phenoxy) is 3. The third-order valence-corrected chi connectivity index (χ3v) is 4.51. The zero-order valence-corrected chi connectivity index (χ0v) is 15.7. The maximum atomic E-state index is 12.7. The second-order valence-electron chi connectivity index (χ2n) is 5.61. The summed E-state index contributed by atoms with van der Waals surface area (Å²) >= 11 is 1.59. The van der Waals surface area contributed by atoms with Gasteiger partial charge in [0.25, 0.3) is 0 Å². The number of nitrogens with one attached hydrogen (secondary N) is 2. The van der Waals surface area contributed by atoms with Gasteiger partial charge in [-0.15, -0.1) is 11.3 Å². The van der Waals surface area contributed by atoms with E-state index in [0.717, 1.165) is 9.88 Å². The molecular weight excluding hydrogens is 378 g/mol. The topological polar surface area (TPSA) is 77.0 Å². The van der Waals surface area contributed by atoms with E-state index in [0.29, 0.717) is 36.1 Å². The van der Waals surface area contributed by atoms with E-state index in [1.165, 1.54) is 6.07 Å². The number of rotatable bonds is 7. The average molecular weight is 398 g/mol. The summed E-state index contributed by atoms with van der Waals surface area (Å²) in [7, 11) is 0. The number of fused-ring (bicyclic) bond motifs is 1. The Balaban J connectivity index is 1.74. The first-order chi connectivity index (χ1) is 13.0. The number of benzene rings is 1. The molecule has 1 aliphatic rings. The number of alkyl halides is 2. The van der Waals surface area contributed by atoms with Gasteiger partial charge in [0.05, 0.1) is 13.1 Å². The predicted octanol–water partition coefficient (Wildman–Crippen LogP) is 3.04. The second-order valence-corrected chi connectivity index (χ2v) is 6.92. The van der Waals surface area contributed by atoms with Gasteiger partial charge < -0.3 is 24.8 Å². The molecule has 0 saturated carbocycles. The monoisotopic (exact) mass is 398 g/mol. The molecule has 1 aliphatic heterocycles. The molecule has 7 nitrogen and oxygen atoms in total. The summed E-state index contributed by atoms with van der Waals surface area (Å²) in [5.74, 6) is 1.43. The number of aromatic nitrogens is 1. The Bertz CT molecular complexity index is 813. The maximum Gasteiger partial charge on any atom is 0.387 e. The lowest BCUT2D eigenvalue weighted by Crippen LogP contribution is -2.36. The normalized spacial score (nSPS) is 13.1. The van der Waals surface area contributed by atoms with Crippen molar-refractivity contribution in [3.05, 3.63) is 33.8 Å². The first kappa shape index (κ1) is 19.2. The molecule has 0 aliphatic carbocycles. The fraction of sp³-hybridized carbons (Fsp3) is 0.412. The predicted molar refractivity (Wildman–Crippen MR) is 97.7 cm³/mol. The molecule has 0 spiro atoms. The summed E-state index contributed by atoms with van der Waals surface area (Å²) in [4.78, 5) is 9.87. The van der Waals surface area contributed by atoms with Crippen LogP contribution in [0.2, 0.25) is 0 Å². The van der Waals surface area contributed by atoms with E-state index in [1.54, 1.807) is 17.4 Å². The molecule has 2 aromatic rings. The number of aliphatic imine (C=N–C) groups is 1. The molecule has 0 fully saturated rings. The Labute approximate surface area is 159 Å². The molecule has 2 N–H and O–H groups in total. The van der Waals surface area contributed by atoms with Crippen LogP contribution in [0.4, 0.5) is 8.78 Å². The summed E-state index contributed by atoms with van der Waals surface area (Å²) in [6.45, 7) is 2.35. The lowest BCUT2D eigenvalue weighted by atomic mass is 10.1. The highest BCUT2D eigenvalue weighted by Crippen LogP contribution is 2.39. The third-order valence-electron chi connectivity index (χ3n) is 3.60. The second kappa shape index (κ2) is 8.85. The first-order valence-electron chi connectivity index (χ1n) is 8.36. The molecule has 0 radical (unpaired) electrons. The Morgan fingerprint density at radius 2 is 2.11 bits per heavy atom. The highest BCUT2D eigenvalue weighted by Gasteiger charge is 2.20. The Morgan fingerprint density at radius 3 is 2.78 bits per heavy atom. The van der Waals surface area contributed by atoms with Crippen molar-refractivity contribution in [2.24, 2.45) is 4.99 Å². The number of hydrogen-bond acceptors (Lipinski definition) is 6. The molecule has 0 bridgehead atoms. The first-order valence-corrected chi connectivity index (χ1v) is 9.17. The summed E-state index contributed by atoms with van der Waals surface area (Å²) in [6, 6.07) is 3.01. The van der Waals surface area contributed by atoms with Gasteiger partial charge in [-0.25, -0.2) is 9.98 Å². The van der Waals surface area contributed by atoms with E-state index < -0.39 is 6.61 Å². The van der Waals surface area contributed by atoms with E-state index in [-0.39, 0.29) is 19.1 Å². The van der Waals surface area contributed by atoms with E-state index in [1.807, 2.05) is 20.0 Å². The third kappa shape index (κ3) is 5.19. The molecule has 0 atom stereocenters. The molecule has 2 heterocycles. The smallest absolute Gasteiger partial charge is 0.387 e. The number of aryl methyl sites for hydroxylation is 1. The summed E-state index contributed by atoms with van der Waals surface area (Å²) < 4.78 is 40.6. The molecule has 3 rings (SSSR count). The fourth-order valence-electron chi connectivity index (χ4n) is 2.44. The van der Waals surface area contributed by atoms with Gasteiger partial charge in [0.15, 0.2) is 17.5 Å². The van der Waals surface area contributed by atoms with Crippen LogP contribution in [0.1, 0.15) is 22.4 Å². The zero-order valence-electron chi connectivity index (χ0n) is 14.9. The van der Waals surface area contributed by atoms with E-state index in [9.17, 15) is 8.78 Å². The standard InChI is InChI=1S/C17H20F2N4O3S/c1-3-20-17(23-8-15-21-6-10(2)27-15)22-7-11-4-13-14(25-9-24-13)5-12(11)26-16(18)19/h4-6,16H,3,7-9H2,1-2H3,(H2,20,22,23). The van der Waals surface area contributed by atoms with Crippen molar-refractivity contribution in [3.63, 3.8) is 0 Å². The van der Waals surface area contributed by atoms with Gasteiger partial charge in [0.2, 0.25) is 6.79 Å². The number of guanidine groups is 1. The minimum absolute atomic E-state index is 0.0180. The summed E-state index contributed by atoms with van der Waals surface area (Å²) in [5.41, 5.74) is 0.474. The lowest BCUT2D eigenvalue weighted by Gasteiger charge is -2.13. The largest absolute Gasteiger partial charge is 0.454 e. The van der Waals surface area contributed by atoms with Crippen LogP contribution >= 0.6 is 11.3 Å². The molecule has 27 heavy (non-hydrogen) atoms. The van der Waals surface area contributed by atoms with Crippen LogP contribution in [0.25, 0.3) is 0 Å². The SMILES string of the molecule is CCNC(=NCc1cc2c(cc1OC(F)F)OCO2)NCc1ncc(C)s1. The van der Waals surface area contributed by atoms with E-state index in [2.05, 4.69) is 25.3 Å². The van der Waals surface area contributed by atoms with Gasteiger partial charge in [-0.05, 0) is 19.9 Å². The highest BCUT2D eigenvalue weighted by molar-refractivity contribution is 7.11. The number of halogens is 2. The van der Waals surface area contributed by atoms with Crippen molar-refractivity contribution in [3.8, 4) is 17.2 Å². The van der Waals surface area contributed by atoms with Crippen LogP contribution in [0.15, 0.2) is 23.3 Å². The number of thiazole rings is 1. The van der Waals surface area contributed by atoms with E-state index >= 15 is 0 Å². The van der Waals surface area contributed by atoms with Crippen LogP contribution in [0.3, 0.4) is 0 Å². The Kier molecular flexibility index (Phi) is 6.28. The van der Waals surface area contributed by atoms with Crippen LogP contribution in [0, 0.1) is 6.92 Å². The van der Waals surface area contributed by atoms with Crippen molar-refractivity contribution in [1.82, 2.24) is 15.6 Å². The van der Waals surface area contributed by atoms with Crippen LogP contribution < -0.4 is 24.8 Å². The van der Waals surface area contributed by atoms with Gasteiger partial charge in [0.1, 0.15) is 10.8 Å². The maximum absolute atomic E-state index is 12.7. The molecule has 1 aromatic heterocycles. The molecular formula is C17H20F2N4O3S. The van der Waals surface area contributed by atoms with Crippen molar-refractivity contribution >= 4 is 17.3 Å².